The second-order valence-corrected chi connectivity index (χ2v) is 7.05. The van der Waals surface area contributed by atoms with Crippen LogP contribution < -0.4 is 4.90 Å². The number of hydrogen-bond donors (Lipinski definition) is 0. The van der Waals surface area contributed by atoms with Crippen molar-refractivity contribution >= 4 is 11.7 Å². The van der Waals surface area contributed by atoms with Crippen molar-refractivity contribution in [1.29, 1.82) is 0 Å². The van der Waals surface area contributed by atoms with Gasteiger partial charge in [0.15, 0.2) is 5.82 Å². The van der Waals surface area contributed by atoms with Gasteiger partial charge in [-0.1, -0.05) is 6.07 Å². The molecule has 27 heavy (non-hydrogen) atoms. The van der Waals surface area contributed by atoms with Gasteiger partial charge in [0.05, 0.1) is 13.2 Å². The van der Waals surface area contributed by atoms with E-state index in [1.54, 1.807) is 6.20 Å². The number of anilines is 1. The predicted molar refractivity (Wildman–Crippen MR) is 102 cm³/mol. The van der Waals surface area contributed by atoms with Crippen LogP contribution in [0.3, 0.4) is 0 Å². The number of pyridine rings is 1. The lowest BCUT2D eigenvalue weighted by molar-refractivity contribution is -0.137. The number of nitrogens with zero attached hydrogens (tertiary/aromatic N) is 5. The third-order valence-corrected chi connectivity index (χ3v) is 5.14. The fourth-order valence-corrected chi connectivity index (χ4v) is 3.77. The van der Waals surface area contributed by atoms with Crippen LogP contribution in [0.15, 0.2) is 30.5 Å². The molecule has 0 N–H and O–H groups in total. The molecule has 2 aromatic rings. The first-order valence-electron chi connectivity index (χ1n) is 9.62. The highest BCUT2D eigenvalue weighted by Crippen LogP contribution is 2.27. The fourth-order valence-electron chi connectivity index (χ4n) is 3.77. The van der Waals surface area contributed by atoms with Crippen LogP contribution in [0.1, 0.15) is 25.0 Å². The number of rotatable bonds is 3. The van der Waals surface area contributed by atoms with Gasteiger partial charge in [0.25, 0.3) is 0 Å². The Balaban J connectivity index is 1.63. The molecule has 1 atom stereocenters. The SMILES string of the molecule is Cc1cc(N2CCCCC2C(=O)N2CCOCC2)nc(-c2ccccn2)n1. The Kier molecular flexibility index (Phi) is 5.29. The average molecular weight is 367 g/mol. The summed E-state index contributed by atoms with van der Waals surface area (Å²) in [5.41, 5.74) is 1.62. The van der Waals surface area contributed by atoms with Crippen LogP contribution in [0.5, 0.6) is 0 Å². The molecule has 2 fully saturated rings. The summed E-state index contributed by atoms with van der Waals surface area (Å²) in [6.45, 7) is 5.37. The van der Waals surface area contributed by atoms with Crippen molar-refractivity contribution in [3.05, 3.63) is 36.2 Å². The number of aromatic nitrogens is 3. The van der Waals surface area contributed by atoms with Crippen molar-refractivity contribution in [2.24, 2.45) is 0 Å². The molecule has 0 aromatic carbocycles. The maximum Gasteiger partial charge on any atom is 0.245 e. The van der Waals surface area contributed by atoms with E-state index in [0.29, 0.717) is 32.1 Å². The van der Waals surface area contributed by atoms with Gasteiger partial charge in [-0.2, -0.15) is 0 Å². The highest BCUT2D eigenvalue weighted by atomic mass is 16.5. The molecule has 7 heteroatoms. The smallest absolute Gasteiger partial charge is 0.245 e. The van der Waals surface area contributed by atoms with Crippen LogP contribution in [0.4, 0.5) is 5.82 Å². The molecule has 0 aliphatic carbocycles. The van der Waals surface area contributed by atoms with E-state index in [9.17, 15) is 4.79 Å². The molecular weight excluding hydrogens is 342 g/mol. The molecule has 0 radical (unpaired) electrons. The first-order chi connectivity index (χ1) is 13.2. The molecule has 2 aliphatic rings. The molecule has 2 aromatic heterocycles. The average Bonchev–Trinajstić information content (AvgIpc) is 2.74. The Morgan fingerprint density at radius 1 is 1.15 bits per heavy atom. The summed E-state index contributed by atoms with van der Waals surface area (Å²) in [7, 11) is 0. The van der Waals surface area contributed by atoms with Crippen LogP contribution in [0.2, 0.25) is 0 Å². The van der Waals surface area contributed by atoms with Gasteiger partial charge in [0.2, 0.25) is 5.91 Å². The predicted octanol–water partition coefficient (Wildman–Crippen LogP) is 2.06. The minimum Gasteiger partial charge on any atom is -0.378 e. The van der Waals surface area contributed by atoms with Gasteiger partial charge in [0.1, 0.15) is 17.6 Å². The number of ether oxygens (including phenoxy) is 1. The quantitative estimate of drug-likeness (QED) is 0.827. The van der Waals surface area contributed by atoms with Gasteiger partial charge in [-0.05, 0) is 38.3 Å². The zero-order valence-electron chi connectivity index (χ0n) is 15.7. The number of piperidine rings is 1. The van der Waals surface area contributed by atoms with Crippen molar-refractivity contribution in [3.8, 4) is 11.5 Å². The molecule has 142 valence electrons. The molecule has 0 bridgehead atoms. The molecule has 4 heterocycles. The number of amides is 1. The van der Waals surface area contributed by atoms with Crippen LogP contribution >= 0.6 is 0 Å². The van der Waals surface area contributed by atoms with E-state index < -0.39 is 0 Å². The van der Waals surface area contributed by atoms with Crippen LogP contribution in [-0.2, 0) is 9.53 Å². The van der Waals surface area contributed by atoms with E-state index in [0.717, 1.165) is 43.0 Å². The maximum atomic E-state index is 13.1. The largest absolute Gasteiger partial charge is 0.378 e. The van der Waals surface area contributed by atoms with Crippen LogP contribution in [0, 0.1) is 6.92 Å². The summed E-state index contributed by atoms with van der Waals surface area (Å²) in [6.07, 6.45) is 4.73. The number of hydrogen-bond acceptors (Lipinski definition) is 6. The Labute approximate surface area is 159 Å². The van der Waals surface area contributed by atoms with E-state index in [1.165, 1.54) is 0 Å². The van der Waals surface area contributed by atoms with Gasteiger partial charge >= 0.3 is 0 Å². The number of carbonyl (C=O) groups excluding carboxylic acids is 1. The van der Waals surface area contributed by atoms with Gasteiger partial charge in [-0.15, -0.1) is 0 Å². The third-order valence-electron chi connectivity index (χ3n) is 5.14. The number of carbonyl (C=O) groups is 1. The second-order valence-electron chi connectivity index (χ2n) is 7.05. The molecule has 1 amide bonds. The highest BCUT2D eigenvalue weighted by Gasteiger charge is 2.33. The van der Waals surface area contributed by atoms with E-state index in [-0.39, 0.29) is 11.9 Å². The summed E-state index contributed by atoms with van der Waals surface area (Å²) in [5, 5.41) is 0. The summed E-state index contributed by atoms with van der Waals surface area (Å²) in [6, 6.07) is 7.52. The molecule has 7 nitrogen and oxygen atoms in total. The normalized spacial score (nSPS) is 20.6. The van der Waals surface area contributed by atoms with Crippen molar-refractivity contribution in [3.63, 3.8) is 0 Å². The van der Waals surface area contributed by atoms with Gasteiger partial charge in [0, 0.05) is 37.6 Å². The minimum absolute atomic E-state index is 0.164. The lowest BCUT2D eigenvalue weighted by Gasteiger charge is -2.39. The van der Waals surface area contributed by atoms with Gasteiger partial charge in [-0.25, -0.2) is 9.97 Å². The van der Waals surface area contributed by atoms with Crippen molar-refractivity contribution < 1.29 is 9.53 Å². The van der Waals surface area contributed by atoms with E-state index >= 15 is 0 Å². The van der Waals surface area contributed by atoms with E-state index in [4.69, 9.17) is 9.72 Å². The standard InChI is InChI=1S/C20H25N5O2/c1-15-14-18(23-19(22-15)16-6-2-4-8-21-16)25-9-5-3-7-17(25)20(26)24-10-12-27-13-11-24/h2,4,6,8,14,17H,3,5,7,9-13H2,1H3. The molecule has 1 unspecified atom stereocenters. The zero-order valence-corrected chi connectivity index (χ0v) is 15.7. The third kappa shape index (κ3) is 3.93. The summed E-state index contributed by atoms with van der Waals surface area (Å²) < 4.78 is 5.39. The Morgan fingerprint density at radius 3 is 2.78 bits per heavy atom. The number of aryl methyl sites for hydroxylation is 1. The summed E-state index contributed by atoms with van der Waals surface area (Å²) >= 11 is 0. The lowest BCUT2D eigenvalue weighted by atomic mass is 10.0. The monoisotopic (exact) mass is 367 g/mol. The Hall–Kier alpha value is -2.54. The zero-order chi connectivity index (χ0) is 18.6. The number of morpholine rings is 1. The molecule has 0 spiro atoms. The fraction of sp³-hybridized carbons (Fsp3) is 0.500. The van der Waals surface area contributed by atoms with Crippen molar-refractivity contribution in [2.45, 2.75) is 32.2 Å². The molecule has 0 saturated carbocycles. The molecular formula is C20H25N5O2. The highest BCUT2D eigenvalue weighted by molar-refractivity contribution is 5.85. The summed E-state index contributed by atoms with van der Waals surface area (Å²) in [4.78, 5) is 30.9. The van der Waals surface area contributed by atoms with Gasteiger partial charge in [-0.3, -0.25) is 9.78 Å². The van der Waals surface area contributed by atoms with E-state index in [2.05, 4.69) is 14.9 Å². The van der Waals surface area contributed by atoms with E-state index in [1.807, 2.05) is 36.1 Å². The Bertz CT molecular complexity index is 792. The lowest BCUT2D eigenvalue weighted by Crippen LogP contribution is -2.53. The first-order valence-corrected chi connectivity index (χ1v) is 9.62. The van der Waals surface area contributed by atoms with Crippen LogP contribution in [-0.4, -0.2) is 64.6 Å². The summed E-state index contributed by atoms with van der Waals surface area (Å²) in [5.74, 6) is 1.61. The molecule has 4 rings (SSSR count). The molecule has 2 aliphatic heterocycles. The molecule has 2 saturated heterocycles. The minimum atomic E-state index is -0.164. The van der Waals surface area contributed by atoms with Crippen LogP contribution in [0.25, 0.3) is 11.5 Å². The first kappa shape index (κ1) is 17.9. The Morgan fingerprint density at radius 2 is 2.00 bits per heavy atom. The van der Waals surface area contributed by atoms with Crippen molar-refractivity contribution in [1.82, 2.24) is 19.9 Å². The van der Waals surface area contributed by atoms with Crippen molar-refractivity contribution in [2.75, 3.05) is 37.7 Å². The maximum absolute atomic E-state index is 13.1. The topological polar surface area (TPSA) is 71.5 Å². The van der Waals surface area contributed by atoms with Gasteiger partial charge < -0.3 is 14.5 Å². The second kappa shape index (κ2) is 8.00.